The molecule has 0 N–H and O–H groups in total. The van der Waals surface area contributed by atoms with Crippen LogP contribution in [0.2, 0.25) is 10.3 Å². The Bertz CT molecular complexity index is 586. The van der Waals surface area contributed by atoms with E-state index in [0.717, 1.165) is 31.6 Å². The highest BCUT2D eigenvalue weighted by Gasteiger charge is 2.18. The molecular formula is C11H12Cl2N6. The molecule has 1 aliphatic heterocycles. The van der Waals surface area contributed by atoms with Crippen molar-refractivity contribution < 1.29 is 0 Å². The lowest BCUT2D eigenvalue weighted by atomic mass is 10.4. The lowest BCUT2D eigenvalue weighted by Gasteiger charge is -2.15. The maximum atomic E-state index is 5.99. The first-order valence-corrected chi connectivity index (χ1v) is 6.78. The van der Waals surface area contributed by atoms with Gasteiger partial charge in [-0.15, -0.1) is 0 Å². The second-order valence-electron chi connectivity index (χ2n) is 4.41. The molecule has 1 saturated heterocycles. The van der Waals surface area contributed by atoms with Crippen molar-refractivity contribution in [1.29, 1.82) is 0 Å². The van der Waals surface area contributed by atoms with Crippen molar-refractivity contribution in [2.45, 2.75) is 19.8 Å². The smallest absolute Gasteiger partial charge is 0.256 e. The number of aromatic nitrogens is 5. The zero-order chi connectivity index (χ0) is 13.4. The summed E-state index contributed by atoms with van der Waals surface area (Å²) in [4.78, 5) is 14.7. The molecule has 2 aromatic heterocycles. The first kappa shape index (κ1) is 12.6. The van der Waals surface area contributed by atoms with E-state index in [4.69, 9.17) is 23.2 Å². The monoisotopic (exact) mass is 298 g/mol. The summed E-state index contributed by atoms with van der Waals surface area (Å²) in [5.74, 6) is 0.980. The van der Waals surface area contributed by atoms with Gasteiger partial charge in [0.2, 0.25) is 11.2 Å². The van der Waals surface area contributed by atoms with Crippen molar-refractivity contribution in [3.05, 3.63) is 22.2 Å². The fraction of sp³-hybridized carbons (Fsp3) is 0.455. The van der Waals surface area contributed by atoms with Crippen molar-refractivity contribution in [3.63, 3.8) is 0 Å². The van der Waals surface area contributed by atoms with Gasteiger partial charge >= 0.3 is 0 Å². The minimum Gasteiger partial charge on any atom is -0.341 e. The number of hydrogen-bond donors (Lipinski definition) is 0. The zero-order valence-electron chi connectivity index (χ0n) is 10.3. The van der Waals surface area contributed by atoms with Crippen LogP contribution in [0.1, 0.15) is 18.5 Å². The lowest BCUT2D eigenvalue weighted by Crippen LogP contribution is -2.21. The Hall–Kier alpha value is -1.40. The van der Waals surface area contributed by atoms with E-state index in [1.807, 2.05) is 6.92 Å². The van der Waals surface area contributed by atoms with Gasteiger partial charge in [0, 0.05) is 13.1 Å². The molecule has 19 heavy (non-hydrogen) atoms. The van der Waals surface area contributed by atoms with Gasteiger partial charge in [0.25, 0.3) is 5.95 Å². The molecule has 0 spiro atoms. The molecule has 2 aromatic rings. The Morgan fingerprint density at radius 1 is 1.05 bits per heavy atom. The summed E-state index contributed by atoms with van der Waals surface area (Å²) in [5, 5.41) is 4.98. The normalized spacial score (nSPS) is 15.2. The van der Waals surface area contributed by atoms with E-state index in [1.165, 1.54) is 4.68 Å². The number of aryl methyl sites for hydroxylation is 1. The van der Waals surface area contributed by atoms with E-state index < -0.39 is 0 Å². The summed E-state index contributed by atoms with van der Waals surface area (Å²) in [6, 6.07) is 0. The second kappa shape index (κ2) is 4.94. The first-order chi connectivity index (χ1) is 9.13. The highest BCUT2D eigenvalue weighted by Crippen LogP contribution is 2.19. The van der Waals surface area contributed by atoms with Gasteiger partial charge in [0.05, 0.1) is 16.9 Å². The van der Waals surface area contributed by atoms with E-state index >= 15 is 0 Å². The van der Waals surface area contributed by atoms with Gasteiger partial charge in [0.1, 0.15) is 0 Å². The van der Waals surface area contributed by atoms with Crippen molar-refractivity contribution in [3.8, 4) is 5.95 Å². The van der Waals surface area contributed by atoms with E-state index in [-0.39, 0.29) is 5.28 Å². The quantitative estimate of drug-likeness (QED) is 0.851. The van der Waals surface area contributed by atoms with Gasteiger partial charge < -0.3 is 4.90 Å². The van der Waals surface area contributed by atoms with Gasteiger partial charge in [-0.25, -0.2) is 4.68 Å². The molecular weight excluding hydrogens is 287 g/mol. The number of halogens is 2. The van der Waals surface area contributed by atoms with Crippen LogP contribution in [0.15, 0.2) is 6.20 Å². The molecule has 0 radical (unpaired) electrons. The molecule has 8 heteroatoms. The third kappa shape index (κ3) is 2.50. The van der Waals surface area contributed by atoms with Gasteiger partial charge in [-0.1, -0.05) is 11.6 Å². The largest absolute Gasteiger partial charge is 0.341 e. The molecule has 1 aliphatic rings. The van der Waals surface area contributed by atoms with Crippen molar-refractivity contribution in [2.75, 3.05) is 18.0 Å². The van der Waals surface area contributed by atoms with Crippen LogP contribution in [0, 0.1) is 6.92 Å². The highest BCUT2D eigenvalue weighted by atomic mass is 35.5. The lowest BCUT2D eigenvalue weighted by molar-refractivity contribution is 0.770. The van der Waals surface area contributed by atoms with E-state index in [0.29, 0.717) is 16.9 Å². The summed E-state index contributed by atoms with van der Waals surface area (Å²) < 4.78 is 1.52. The Kier molecular flexibility index (Phi) is 3.28. The van der Waals surface area contributed by atoms with Crippen LogP contribution >= 0.6 is 23.2 Å². The predicted molar refractivity (Wildman–Crippen MR) is 73.2 cm³/mol. The van der Waals surface area contributed by atoms with Crippen molar-refractivity contribution >= 4 is 29.2 Å². The average molecular weight is 299 g/mol. The second-order valence-corrected chi connectivity index (χ2v) is 5.15. The standard InChI is InChI=1S/C11H12Cl2N6/c1-7-8(12)6-19(17-7)11-15-9(13)14-10(16-11)18-4-2-3-5-18/h6H,2-5H2,1H3. The molecule has 0 bridgehead atoms. The molecule has 0 unspecified atom stereocenters. The maximum Gasteiger partial charge on any atom is 0.256 e. The number of anilines is 1. The molecule has 0 aliphatic carbocycles. The number of nitrogens with zero attached hydrogens (tertiary/aromatic N) is 6. The zero-order valence-corrected chi connectivity index (χ0v) is 11.9. The minimum absolute atomic E-state index is 0.163. The predicted octanol–water partition coefficient (Wildman–Crippen LogP) is 2.27. The van der Waals surface area contributed by atoms with Gasteiger partial charge in [-0.05, 0) is 31.4 Å². The van der Waals surface area contributed by atoms with E-state index in [9.17, 15) is 0 Å². The van der Waals surface area contributed by atoms with Crippen molar-refractivity contribution in [1.82, 2.24) is 24.7 Å². The third-order valence-electron chi connectivity index (χ3n) is 3.02. The summed E-state index contributed by atoms with van der Waals surface area (Å²) in [6.45, 7) is 3.71. The maximum absolute atomic E-state index is 5.99. The minimum atomic E-state index is 0.163. The molecule has 0 atom stereocenters. The SMILES string of the molecule is Cc1nn(-c2nc(Cl)nc(N3CCCC3)n2)cc1Cl. The fourth-order valence-electron chi connectivity index (χ4n) is 2.03. The van der Waals surface area contributed by atoms with Crippen LogP contribution in [0.4, 0.5) is 5.95 Å². The van der Waals surface area contributed by atoms with Crippen LogP contribution in [0.5, 0.6) is 0 Å². The van der Waals surface area contributed by atoms with Gasteiger partial charge in [-0.3, -0.25) is 0 Å². The highest BCUT2D eigenvalue weighted by molar-refractivity contribution is 6.31. The summed E-state index contributed by atoms with van der Waals surface area (Å²) in [6.07, 6.45) is 3.95. The molecule has 3 heterocycles. The Morgan fingerprint density at radius 2 is 1.74 bits per heavy atom. The topological polar surface area (TPSA) is 59.7 Å². The van der Waals surface area contributed by atoms with E-state index in [1.54, 1.807) is 6.20 Å². The van der Waals surface area contributed by atoms with Crippen LogP contribution in [-0.2, 0) is 0 Å². The van der Waals surface area contributed by atoms with Crippen LogP contribution in [0.3, 0.4) is 0 Å². The molecule has 1 fully saturated rings. The molecule has 100 valence electrons. The summed E-state index contributed by atoms with van der Waals surface area (Å²) >= 11 is 11.9. The van der Waals surface area contributed by atoms with E-state index in [2.05, 4.69) is 25.0 Å². The summed E-state index contributed by atoms with van der Waals surface area (Å²) in [7, 11) is 0. The molecule has 0 amide bonds. The summed E-state index contributed by atoms with van der Waals surface area (Å²) in [5.41, 5.74) is 0.723. The molecule has 6 nitrogen and oxygen atoms in total. The Labute approximate surface area is 120 Å². The Morgan fingerprint density at radius 3 is 2.37 bits per heavy atom. The van der Waals surface area contributed by atoms with Crippen molar-refractivity contribution in [2.24, 2.45) is 0 Å². The number of hydrogen-bond acceptors (Lipinski definition) is 5. The van der Waals surface area contributed by atoms with Crippen LogP contribution in [0.25, 0.3) is 5.95 Å². The molecule has 3 rings (SSSR count). The average Bonchev–Trinajstić information content (AvgIpc) is 3.00. The molecule has 0 saturated carbocycles. The molecule has 0 aromatic carbocycles. The third-order valence-corrected chi connectivity index (χ3v) is 3.56. The Balaban J connectivity index is 2.01. The first-order valence-electron chi connectivity index (χ1n) is 6.02. The van der Waals surface area contributed by atoms with Gasteiger partial charge in [0.15, 0.2) is 0 Å². The van der Waals surface area contributed by atoms with Gasteiger partial charge in [-0.2, -0.15) is 20.1 Å². The van der Waals surface area contributed by atoms with Crippen LogP contribution in [-0.4, -0.2) is 37.8 Å². The number of rotatable bonds is 2. The fourth-order valence-corrected chi connectivity index (χ4v) is 2.31. The van der Waals surface area contributed by atoms with Crippen LogP contribution < -0.4 is 4.90 Å².